The van der Waals surface area contributed by atoms with E-state index in [9.17, 15) is 4.79 Å². The zero-order chi connectivity index (χ0) is 8.15. The highest BCUT2D eigenvalue weighted by molar-refractivity contribution is 5.77. The molecular weight excluding hydrogens is 126 g/mol. The highest BCUT2D eigenvalue weighted by atomic mass is 16.1. The summed E-state index contributed by atoms with van der Waals surface area (Å²) in [5.41, 5.74) is 5.53. The van der Waals surface area contributed by atoms with Gasteiger partial charge in [0.05, 0.1) is 0 Å². The molecule has 0 aromatic carbocycles. The number of ketones is 1. The molecule has 2 nitrogen and oxygen atoms in total. The lowest BCUT2D eigenvalue weighted by atomic mass is 9.99. The van der Waals surface area contributed by atoms with Crippen molar-refractivity contribution in [2.24, 2.45) is 11.7 Å². The lowest BCUT2D eigenvalue weighted by Crippen LogP contribution is -2.17. The molecule has 0 radical (unpaired) electrons. The number of Topliss-reactive ketones (excluding diaryl/α,β-unsaturated/α-hetero) is 1. The van der Waals surface area contributed by atoms with Crippen molar-refractivity contribution in [3.63, 3.8) is 0 Å². The number of rotatable bonds is 4. The molecule has 2 unspecified atom stereocenters. The van der Waals surface area contributed by atoms with Gasteiger partial charge in [-0.3, -0.25) is 4.79 Å². The molecule has 0 aromatic heterocycles. The normalized spacial score (nSPS) is 16.4. The third-order valence-electron chi connectivity index (χ3n) is 1.75. The van der Waals surface area contributed by atoms with Gasteiger partial charge in [-0.1, -0.05) is 6.92 Å². The fourth-order valence-electron chi connectivity index (χ4n) is 0.716. The average molecular weight is 143 g/mol. The zero-order valence-corrected chi connectivity index (χ0v) is 7.05. The minimum absolute atomic E-state index is 0.186. The molecule has 0 aliphatic heterocycles. The summed E-state index contributed by atoms with van der Waals surface area (Å²) in [5.74, 6) is 0.451. The SMILES string of the molecule is CC(=O)C(C)CCC(C)N. The molecule has 0 saturated carbocycles. The third kappa shape index (κ3) is 4.50. The fourth-order valence-corrected chi connectivity index (χ4v) is 0.716. The topological polar surface area (TPSA) is 43.1 Å². The average Bonchev–Trinajstić information content (AvgIpc) is 1.82. The molecule has 0 aliphatic rings. The highest BCUT2D eigenvalue weighted by Crippen LogP contribution is 2.07. The summed E-state index contributed by atoms with van der Waals surface area (Å²) in [5, 5.41) is 0. The van der Waals surface area contributed by atoms with Crippen LogP contribution in [0.4, 0.5) is 0 Å². The van der Waals surface area contributed by atoms with Crippen molar-refractivity contribution in [3.8, 4) is 0 Å². The Bertz CT molecular complexity index is 110. The van der Waals surface area contributed by atoms with Gasteiger partial charge in [0.15, 0.2) is 0 Å². The van der Waals surface area contributed by atoms with Crippen LogP contribution in [0.15, 0.2) is 0 Å². The Morgan fingerprint density at radius 1 is 1.40 bits per heavy atom. The monoisotopic (exact) mass is 143 g/mol. The van der Waals surface area contributed by atoms with Crippen LogP contribution in [0.5, 0.6) is 0 Å². The summed E-state index contributed by atoms with van der Waals surface area (Å²) >= 11 is 0. The molecule has 0 aromatic rings. The molecule has 2 heteroatoms. The van der Waals surface area contributed by atoms with Gasteiger partial charge in [-0.25, -0.2) is 0 Å². The molecule has 0 fully saturated rings. The van der Waals surface area contributed by atoms with Crippen molar-refractivity contribution in [1.82, 2.24) is 0 Å². The first-order valence-electron chi connectivity index (χ1n) is 3.80. The van der Waals surface area contributed by atoms with Crippen molar-refractivity contribution in [1.29, 1.82) is 0 Å². The van der Waals surface area contributed by atoms with E-state index in [0.717, 1.165) is 12.8 Å². The molecule has 0 bridgehead atoms. The summed E-state index contributed by atoms with van der Waals surface area (Å²) in [6.07, 6.45) is 1.87. The highest BCUT2D eigenvalue weighted by Gasteiger charge is 2.07. The van der Waals surface area contributed by atoms with Crippen molar-refractivity contribution < 1.29 is 4.79 Å². The number of carbonyl (C=O) groups is 1. The maximum absolute atomic E-state index is 10.7. The van der Waals surface area contributed by atoms with E-state index in [0.29, 0.717) is 0 Å². The smallest absolute Gasteiger partial charge is 0.132 e. The second kappa shape index (κ2) is 4.45. The number of hydrogen-bond donors (Lipinski definition) is 1. The van der Waals surface area contributed by atoms with E-state index in [1.54, 1.807) is 6.92 Å². The number of carbonyl (C=O) groups excluding carboxylic acids is 1. The molecule has 0 spiro atoms. The first kappa shape index (κ1) is 9.63. The first-order valence-corrected chi connectivity index (χ1v) is 3.80. The number of nitrogens with two attached hydrogens (primary N) is 1. The van der Waals surface area contributed by atoms with E-state index >= 15 is 0 Å². The van der Waals surface area contributed by atoms with Crippen LogP contribution in [-0.2, 0) is 4.79 Å². The molecule has 0 amide bonds. The Morgan fingerprint density at radius 3 is 2.20 bits per heavy atom. The minimum Gasteiger partial charge on any atom is -0.328 e. The van der Waals surface area contributed by atoms with Gasteiger partial charge in [-0.2, -0.15) is 0 Å². The van der Waals surface area contributed by atoms with Crippen molar-refractivity contribution in [3.05, 3.63) is 0 Å². The quantitative estimate of drug-likeness (QED) is 0.645. The molecule has 60 valence electrons. The minimum atomic E-state index is 0.186. The van der Waals surface area contributed by atoms with E-state index in [2.05, 4.69) is 0 Å². The Balaban J connectivity index is 3.40. The van der Waals surface area contributed by atoms with E-state index in [1.165, 1.54) is 0 Å². The molecule has 0 heterocycles. The largest absolute Gasteiger partial charge is 0.328 e. The van der Waals surface area contributed by atoms with Gasteiger partial charge in [-0.15, -0.1) is 0 Å². The van der Waals surface area contributed by atoms with Crippen LogP contribution in [0.1, 0.15) is 33.6 Å². The van der Waals surface area contributed by atoms with Gasteiger partial charge < -0.3 is 5.73 Å². The second-order valence-electron chi connectivity index (χ2n) is 3.07. The van der Waals surface area contributed by atoms with Gasteiger partial charge >= 0.3 is 0 Å². The predicted molar refractivity (Wildman–Crippen MR) is 42.7 cm³/mol. The summed E-state index contributed by atoms with van der Waals surface area (Å²) in [4.78, 5) is 10.7. The molecule has 0 rings (SSSR count). The van der Waals surface area contributed by atoms with Crippen LogP contribution in [0.25, 0.3) is 0 Å². The lowest BCUT2D eigenvalue weighted by Gasteiger charge is -2.08. The van der Waals surface area contributed by atoms with Gasteiger partial charge in [0, 0.05) is 12.0 Å². The van der Waals surface area contributed by atoms with Crippen molar-refractivity contribution in [2.45, 2.75) is 39.7 Å². The van der Waals surface area contributed by atoms with E-state index in [4.69, 9.17) is 5.73 Å². The number of hydrogen-bond acceptors (Lipinski definition) is 2. The Morgan fingerprint density at radius 2 is 1.90 bits per heavy atom. The maximum atomic E-state index is 10.7. The summed E-state index contributed by atoms with van der Waals surface area (Å²) in [6, 6.07) is 0.224. The molecule has 0 saturated heterocycles. The fraction of sp³-hybridized carbons (Fsp3) is 0.875. The van der Waals surface area contributed by atoms with Gasteiger partial charge in [0.1, 0.15) is 5.78 Å². The molecule has 0 aliphatic carbocycles. The van der Waals surface area contributed by atoms with Crippen LogP contribution < -0.4 is 5.73 Å². The Kier molecular flexibility index (Phi) is 4.28. The van der Waals surface area contributed by atoms with Crippen LogP contribution >= 0.6 is 0 Å². The Labute approximate surface area is 62.8 Å². The molecule has 2 N–H and O–H groups in total. The van der Waals surface area contributed by atoms with Crippen LogP contribution in [0.2, 0.25) is 0 Å². The maximum Gasteiger partial charge on any atom is 0.132 e. The van der Waals surface area contributed by atoms with E-state index < -0.39 is 0 Å². The second-order valence-corrected chi connectivity index (χ2v) is 3.07. The summed E-state index contributed by atoms with van der Waals surface area (Å²) in [6.45, 7) is 5.55. The van der Waals surface area contributed by atoms with Crippen molar-refractivity contribution in [2.75, 3.05) is 0 Å². The van der Waals surface area contributed by atoms with E-state index in [1.807, 2.05) is 13.8 Å². The van der Waals surface area contributed by atoms with Gasteiger partial charge in [0.2, 0.25) is 0 Å². The third-order valence-corrected chi connectivity index (χ3v) is 1.75. The van der Waals surface area contributed by atoms with Crippen LogP contribution in [0, 0.1) is 5.92 Å². The summed E-state index contributed by atoms with van der Waals surface area (Å²) in [7, 11) is 0. The molecule has 2 atom stereocenters. The zero-order valence-electron chi connectivity index (χ0n) is 7.05. The predicted octanol–water partition coefficient (Wildman–Crippen LogP) is 1.34. The standard InChI is InChI=1S/C8H17NO/c1-6(8(3)10)4-5-7(2)9/h6-7H,4-5,9H2,1-3H3. The van der Waals surface area contributed by atoms with Crippen LogP contribution in [0.3, 0.4) is 0 Å². The first-order chi connectivity index (χ1) is 4.54. The molecular formula is C8H17NO. The van der Waals surface area contributed by atoms with Crippen molar-refractivity contribution >= 4 is 5.78 Å². The molecule has 10 heavy (non-hydrogen) atoms. The van der Waals surface area contributed by atoms with Crippen LogP contribution in [-0.4, -0.2) is 11.8 Å². The van der Waals surface area contributed by atoms with E-state index in [-0.39, 0.29) is 17.7 Å². The van der Waals surface area contributed by atoms with Gasteiger partial charge in [-0.05, 0) is 26.7 Å². The Hall–Kier alpha value is -0.370. The van der Waals surface area contributed by atoms with Gasteiger partial charge in [0.25, 0.3) is 0 Å². The summed E-state index contributed by atoms with van der Waals surface area (Å²) < 4.78 is 0. The lowest BCUT2D eigenvalue weighted by molar-refractivity contribution is -0.120.